The summed E-state index contributed by atoms with van der Waals surface area (Å²) in [6.07, 6.45) is 29.2. The molecular formula is C20H33O. The second-order valence-electron chi connectivity index (χ2n) is 5.48. The second-order valence-corrected chi connectivity index (χ2v) is 5.48. The van der Waals surface area contributed by atoms with Crippen molar-refractivity contribution in [2.24, 2.45) is 0 Å². The van der Waals surface area contributed by atoms with Gasteiger partial charge >= 0.3 is 0 Å². The molecule has 0 aliphatic carbocycles. The van der Waals surface area contributed by atoms with Gasteiger partial charge in [0, 0.05) is 6.42 Å². The third kappa shape index (κ3) is 18.9. The van der Waals surface area contributed by atoms with Crippen molar-refractivity contribution in [2.75, 3.05) is 0 Å². The first-order valence-electron chi connectivity index (χ1n) is 8.71. The fourth-order valence-corrected chi connectivity index (χ4v) is 2.10. The molecule has 1 nitrogen and oxygen atoms in total. The van der Waals surface area contributed by atoms with E-state index in [1.807, 2.05) is 6.29 Å². The summed E-state index contributed by atoms with van der Waals surface area (Å²) in [5, 5.41) is 0. The molecule has 0 aromatic rings. The molecule has 119 valence electrons. The minimum atomic E-state index is 0.605. The molecule has 0 bridgehead atoms. The lowest BCUT2D eigenvalue weighted by molar-refractivity contribution is 0.544. The molecule has 0 N–H and O–H groups in total. The van der Waals surface area contributed by atoms with Gasteiger partial charge in [-0.05, 0) is 44.9 Å². The molecule has 0 saturated carbocycles. The Kier molecular flexibility index (Phi) is 17.9. The molecule has 0 aromatic heterocycles. The Bertz CT molecular complexity index is 286. The highest BCUT2D eigenvalue weighted by Crippen LogP contribution is 2.05. The molecule has 0 aliphatic rings. The molecule has 0 aliphatic heterocycles. The number of hydrogen-bond donors (Lipinski definition) is 0. The summed E-state index contributed by atoms with van der Waals surface area (Å²) in [6, 6.07) is 0. The molecule has 0 amide bonds. The molecule has 0 atom stereocenters. The van der Waals surface area contributed by atoms with Gasteiger partial charge in [0.1, 0.15) is 0 Å². The van der Waals surface area contributed by atoms with Crippen LogP contribution in [0.4, 0.5) is 0 Å². The summed E-state index contributed by atoms with van der Waals surface area (Å²) in [7, 11) is 0. The van der Waals surface area contributed by atoms with Crippen molar-refractivity contribution in [3.05, 3.63) is 36.5 Å². The summed E-state index contributed by atoms with van der Waals surface area (Å²) in [6.45, 7) is 2.24. The van der Waals surface area contributed by atoms with E-state index in [2.05, 4.69) is 43.4 Å². The van der Waals surface area contributed by atoms with Gasteiger partial charge in [0.2, 0.25) is 0 Å². The van der Waals surface area contributed by atoms with Gasteiger partial charge in [-0.15, -0.1) is 0 Å². The Labute approximate surface area is 132 Å². The zero-order valence-corrected chi connectivity index (χ0v) is 13.9. The first-order chi connectivity index (χ1) is 10.4. The van der Waals surface area contributed by atoms with Gasteiger partial charge in [0.15, 0.2) is 6.29 Å². The summed E-state index contributed by atoms with van der Waals surface area (Å²) < 4.78 is 0. The number of carbonyl (C=O) groups excluding carboxylic acids is 1. The molecular weight excluding hydrogens is 256 g/mol. The molecule has 0 heterocycles. The fourth-order valence-electron chi connectivity index (χ4n) is 2.10. The first-order valence-corrected chi connectivity index (χ1v) is 8.71. The average Bonchev–Trinajstić information content (AvgIpc) is 2.50. The van der Waals surface area contributed by atoms with E-state index in [0.29, 0.717) is 6.42 Å². The average molecular weight is 289 g/mol. The maximum atomic E-state index is 10.0. The van der Waals surface area contributed by atoms with E-state index in [0.717, 1.165) is 32.1 Å². The summed E-state index contributed by atoms with van der Waals surface area (Å²) in [5.41, 5.74) is 0. The number of allylic oxidation sites excluding steroid dienone is 6. The number of rotatable bonds is 15. The molecule has 0 aromatic carbocycles. The van der Waals surface area contributed by atoms with Crippen LogP contribution in [0.5, 0.6) is 0 Å². The third-order valence-electron chi connectivity index (χ3n) is 3.42. The molecule has 1 heteroatoms. The predicted molar refractivity (Wildman–Crippen MR) is 94.2 cm³/mol. The predicted octanol–water partition coefficient (Wildman–Crippen LogP) is 6.47. The van der Waals surface area contributed by atoms with Gasteiger partial charge in [-0.1, -0.05) is 69.1 Å². The maximum Gasteiger partial charge on any atom is 0.198 e. The highest BCUT2D eigenvalue weighted by Gasteiger charge is 1.88. The SMILES string of the molecule is CCCCC/C=C\C/C=C\C/C=C\CCCCCC[C]=O. The van der Waals surface area contributed by atoms with Crippen molar-refractivity contribution in [3.63, 3.8) is 0 Å². The number of hydrogen-bond acceptors (Lipinski definition) is 1. The highest BCUT2D eigenvalue weighted by molar-refractivity contribution is 5.50. The van der Waals surface area contributed by atoms with E-state index in [4.69, 9.17) is 0 Å². The van der Waals surface area contributed by atoms with Crippen LogP contribution in [0, 0.1) is 0 Å². The molecule has 0 rings (SSSR count). The Hall–Kier alpha value is -1.11. The highest BCUT2D eigenvalue weighted by atomic mass is 16.1. The molecule has 0 spiro atoms. The van der Waals surface area contributed by atoms with Gasteiger partial charge in [-0.2, -0.15) is 0 Å². The quantitative estimate of drug-likeness (QED) is 0.249. The lowest BCUT2D eigenvalue weighted by atomic mass is 10.1. The number of unbranched alkanes of at least 4 members (excludes halogenated alkanes) is 8. The standard InChI is InChI=1S/C20H33O/c1-2-3-4-5-6-7-8-9-10-11-12-13-14-15-16-17-18-19-20-21/h6-7,9-10,12-13H,2-5,8,11,14-19H2,1H3/b7-6-,10-9-,13-12-. The Balaban J connectivity index is 3.26. The minimum Gasteiger partial charge on any atom is -0.291 e. The summed E-state index contributed by atoms with van der Waals surface area (Å²) in [5.74, 6) is 0. The fraction of sp³-hybridized carbons (Fsp3) is 0.650. The van der Waals surface area contributed by atoms with Gasteiger partial charge in [-0.25, -0.2) is 0 Å². The van der Waals surface area contributed by atoms with Crippen molar-refractivity contribution in [2.45, 2.75) is 84.0 Å². The van der Waals surface area contributed by atoms with Crippen molar-refractivity contribution >= 4 is 6.29 Å². The van der Waals surface area contributed by atoms with Crippen LogP contribution in [0.15, 0.2) is 36.5 Å². The maximum absolute atomic E-state index is 10.0. The largest absolute Gasteiger partial charge is 0.291 e. The Morgan fingerprint density at radius 1 is 0.667 bits per heavy atom. The third-order valence-corrected chi connectivity index (χ3v) is 3.42. The zero-order valence-electron chi connectivity index (χ0n) is 13.9. The van der Waals surface area contributed by atoms with Gasteiger partial charge < -0.3 is 0 Å². The van der Waals surface area contributed by atoms with Crippen LogP contribution in [0.3, 0.4) is 0 Å². The van der Waals surface area contributed by atoms with Crippen LogP contribution in [-0.4, -0.2) is 6.29 Å². The van der Waals surface area contributed by atoms with Crippen LogP contribution in [-0.2, 0) is 4.79 Å². The van der Waals surface area contributed by atoms with Crippen LogP contribution in [0.2, 0.25) is 0 Å². The van der Waals surface area contributed by atoms with Gasteiger partial charge in [0.25, 0.3) is 0 Å². The Morgan fingerprint density at radius 3 is 1.76 bits per heavy atom. The van der Waals surface area contributed by atoms with Crippen LogP contribution >= 0.6 is 0 Å². The van der Waals surface area contributed by atoms with E-state index < -0.39 is 0 Å². The van der Waals surface area contributed by atoms with Crippen LogP contribution in [0.1, 0.15) is 84.0 Å². The minimum absolute atomic E-state index is 0.605. The lowest BCUT2D eigenvalue weighted by Gasteiger charge is -1.95. The molecule has 21 heavy (non-hydrogen) atoms. The van der Waals surface area contributed by atoms with E-state index >= 15 is 0 Å². The van der Waals surface area contributed by atoms with Crippen LogP contribution < -0.4 is 0 Å². The smallest absolute Gasteiger partial charge is 0.198 e. The van der Waals surface area contributed by atoms with Crippen molar-refractivity contribution < 1.29 is 4.79 Å². The lowest BCUT2D eigenvalue weighted by Crippen LogP contribution is -1.78. The summed E-state index contributed by atoms with van der Waals surface area (Å²) in [4.78, 5) is 10.0. The molecule has 1 radical (unpaired) electrons. The molecule has 0 saturated heterocycles. The van der Waals surface area contributed by atoms with Crippen molar-refractivity contribution in [3.8, 4) is 0 Å². The second kappa shape index (κ2) is 18.9. The van der Waals surface area contributed by atoms with E-state index in [1.54, 1.807) is 0 Å². The van der Waals surface area contributed by atoms with E-state index in [9.17, 15) is 4.79 Å². The monoisotopic (exact) mass is 289 g/mol. The van der Waals surface area contributed by atoms with Gasteiger partial charge in [-0.3, -0.25) is 4.79 Å². The Morgan fingerprint density at radius 2 is 1.19 bits per heavy atom. The van der Waals surface area contributed by atoms with E-state index in [-0.39, 0.29) is 0 Å². The van der Waals surface area contributed by atoms with E-state index in [1.165, 1.54) is 38.5 Å². The van der Waals surface area contributed by atoms with Gasteiger partial charge in [0.05, 0.1) is 0 Å². The van der Waals surface area contributed by atoms with Crippen molar-refractivity contribution in [1.29, 1.82) is 0 Å². The van der Waals surface area contributed by atoms with Crippen LogP contribution in [0.25, 0.3) is 0 Å². The van der Waals surface area contributed by atoms with Crippen molar-refractivity contribution in [1.82, 2.24) is 0 Å². The first kappa shape index (κ1) is 19.9. The molecule has 0 fully saturated rings. The topological polar surface area (TPSA) is 17.1 Å². The molecule has 0 unspecified atom stereocenters. The normalized spacial score (nSPS) is 12.0. The zero-order chi connectivity index (χ0) is 15.4. The summed E-state index contributed by atoms with van der Waals surface area (Å²) >= 11 is 0.